The molecule has 0 aliphatic heterocycles. The average Bonchev–Trinajstić information content (AvgIpc) is 2.67. The molecule has 0 saturated carbocycles. The zero-order valence-electron chi connectivity index (χ0n) is 15.6. The Bertz CT molecular complexity index is 997. The maximum atomic E-state index is 12.4. The number of hydrogen-bond donors (Lipinski definition) is 0. The van der Waals surface area contributed by atoms with Crippen LogP contribution in [0.5, 0.6) is 5.75 Å². The summed E-state index contributed by atoms with van der Waals surface area (Å²) in [5.74, 6) is 0.812. The second kappa shape index (κ2) is 8.49. The van der Waals surface area contributed by atoms with Gasteiger partial charge in [0.15, 0.2) is 0 Å². The first-order chi connectivity index (χ1) is 13.0. The minimum absolute atomic E-state index is 0.00687. The van der Waals surface area contributed by atoms with Crippen molar-refractivity contribution in [3.63, 3.8) is 0 Å². The van der Waals surface area contributed by atoms with Gasteiger partial charge in [-0.05, 0) is 36.8 Å². The highest BCUT2D eigenvalue weighted by atomic mass is 16.5. The number of aryl methyl sites for hydroxylation is 2. The number of ether oxygens (including phenoxy) is 1. The first kappa shape index (κ1) is 18.6. The zero-order chi connectivity index (χ0) is 19.2. The number of aromatic nitrogens is 2. The SMILES string of the molecule is Cc1cccc(OCCN(C)C(=O)CCn2ncc(=O)c3ccccc32)c1. The molecule has 1 heterocycles. The fourth-order valence-corrected chi connectivity index (χ4v) is 2.86. The van der Waals surface area contributed by atoms with Crippen molar-refractivity contribution in [3.05, 3.63) is 70.5 Å². The fraction of sp³-hybridized carbons (Fsp3) is 0.286. The van der Waals surface area contributed by atoms with Gasteiger partial charge in [-0.25, -0.2) is 0 Å². The van der Waals surface area contributed by atoms with E-state index in [0.717, 1.165) is 16.8 Å². The molecule has 0 radical (unpaired) electrons. The Balaban J connectivity index is 1.53. The second-order valence-electron chi connectivity index (χ2n) is 6.48. The highest BCUT2D eigenvalue weighted by molar-refractivity contribution is 5.79. The molecule has 0 bridgehead atoms. The number of para-hydroxylation sites is 1. The number of likely N-dealkylation sites (N-methyl/N-ethyl adjacent to an activating group) is 1. The molecular weight excluding hydrogens is 342 g/mol. The summed E-state index contributed by atoms with van der Waals surface area (Å²) >= 11 is 0. The zero-order valence-corrected chi connectivity index (χ0v) is 15.6. The van der Waals surface area contributed by atoms with E-state index in [9.17, 15) is 9.59 Å². The summed E-state index contributed by atoms with van der Waals surface area (Å²) in [6.45, 7) is 3.37. The van der Waals surface area contributed by atoms with E-state index in [1.165, 1.54) is 6.20 Å². The van der Waals surface area contributed by atoms with E-state index in [-0.39, 0.29) is 11.3 Å². The van der Waals surface area contributed by atoms with Gasteiger partial charge < -0.3 is 9.64 Å². The average molecular weight is 365 g/mol. The van der Waals surface area contributed by atoms with Gasteiger partial charge in [0, 0.05) is 18.9 Å². The molecule has 0 aliphatic carbocycles. The minimum atomic E-state index is -0.112. The van der Waals surface area contributed by atoms with E-state index in [0.29, 0.717) is 31.5 Å². The molecule has 0 N–H and O–H groups in total. The number of carbonyl (C=O) groups is 1. The van der Waals surface area contributed by atoms with Gasteiger partial charge >= 0.3 is 0 Å². The maximum Gasteiger partial charge on any atom is 0.224 e. The topological polar surface area (TPSA) is 64.4 Å². The summed E-state index contributed by atoms with van der Waals surface area (Å²) in [4.78, 5) is 25.9. The lowest BCUT2D eigenvalue weighted by Crippen LogP contribution is -2.31. The molecule has 0 unspecified atom stereocenters. The van der Waals surface area contributed by atoms with Gasteiger partial charge in [0.1, 0.15) is 12.4 Å². The quantitative estimate of drug-likeness (QED) is 0.646. The summed E-state index contributed by atoms with van der Waals surface area (Å²) in [6.07, 6.45) is 1.60. The van der Waals surface area contributed by atoms with Gasteiger partial charge in [-0.1, -0.05) is 24.3 Å². The van der Waals surface area contributed by atoms with Crippen molar-refractivity contribution in [2.75, 3.05) is 20.2 Å². The van der Waals surface area contributed by atoms with Crippen molar-refractivity contribution in [1.82, 2.24) is 14.7 Å². The minimum Gasteiger partial charge on any atom is -0.492 e. The van der Waals surface area contributed by atoms with Crippen molar-refractivity contribution < 1.29 is 9.53 Å². The Labute approximate surface area is 158 Å². The fourth-order valence-electron chi connectivity index (χ4n) is 2.86. The van der Waals surface area contributed by atoms with Crippen LogP contribution in [0.15, 0.2) is 59.5 Å². The summed E-state index contributed by atoms with van der Waals surface area (Å²) in [5, 5.41) is 4.77. The van der Waals surface area contributed by atoms with Gasteiger partial charge in [-0.3, -0.25) is 14.3 Å². The Hall–Kier alpha value is -3.15. The number of rotatable bonds is 7. The van der Waals surface area contributed by atoms with Crippen molar-refractivity contribution in [3.8, 4) is 5.75 Å². The molecule has 0 saturated heterocycles. The molecule has 1 amide bonds. The third-order valence-electron chi connectivity index (χ3n) is 4.41. The van der Waals surface area contributed by atoms with E-state index in [1.807, 2.05) is 49.4 Å². The molecule has 6 heteroatoms. The van der Waals surface area contributed by atoms with Crippen LogP contribution in [0.2, 0.25) is 0 Å². The first-order valence-electron chi connectivity index (χ1n) is 8.93. The molecule has 0 fully saturated rings. The molecule has 2 aromatic carbocycles. The number of nitrogens with zero attached hydrogens (tertiary/aromatic N) is 3. The lowest BCUT2D eigenvalue weighted by molar-refractivity contribution is -0.130. The first-order valence-corrected chi connectivity index (χ1v) is 8.93. The van der Waals surface area contributed by atoms with Crippen LogP contribution in [0.4, 0.5) is 0 Å². The third kappa shape index (κ3) is 4.73. The Morgan fingerprint density at radius 3 is 2.81 bits per heavy atom. The smallest absolute Gasteiger partial charge is 0.224 e. The number of fused-ring (bicyclic) bond motifs is 1. The number of amides is 1. The molecule has 140 valence electrons. The summed E-state index contributed by atoms with van der Waals surface area (Å²) in [7, 11) is 1.76. The molecule has 3 aromatic rings. The van der Waals surface area contributed by atoms with Crippen LogP contribution >= 0.6 is 0 Å². The summed E-state index contributed by atoms with van der Waals surface area (Å²) in [6, 6.07) is 15.1. The van der Waals surface area contributed by atoms with Gasteiger partial charge in [0.2, 0.25) is 11.3 Å². The van der Waals surface area contributed by atoms with E-state index in [2.05, 4.69) is 5.10 Å². The third-order valence-corrected chi connectivity index (χ3v) is 4.41. The van der Waals surface area contributed by atoms with Crippen LogP contribution < -0.4 is 10.2 Å². The molecule has 0 aliphatic rings. The molecule has 0 atom stereocenters. The maximum absolute atomic E-state index is 12.4. The van der Waals surface area contributed by atoms with Gasteiger partial charge in [-0.15, -0.1) is 0 Å². The Kier molecular flexibility index (Phi) is 5.86. The van der Waals surface area contributed by atoms with Crippen molar-refractivity contribution >= 4 is 16.8 Å². The van der Waals surface area contributed by atoms with E-state index in [1.54, 1.807) is 22.7 Å². The number of hydrogen-bond acceptors (Lipinski definition) is 4. The van der Waals surface area contributed by atoms with Gasteiger partial charge in [-0.2, -0.15) is 5.10 Å². The molecule has 1 aromatic heterocycles. The standard InChI is InChI=1S/C21H23N3O3/c1-16-6-5-7-17(14-16)27-13-12-23(2)21(26)10-11-24-19-9-4-3-8-18(19)20(25)15-22-24/h3-9,14-15H,10-13H2,1-2H3. The Morgan fingerprint density at radius 2 is 2.00 bits per heavy atom. The lowest BCUT2D eigenvalue weighted by Gasteiger charge is -2.18. The van der Waals surface area contributed by atoms with Crippen LogP contribution in [-0.2, 0) is 11.3 Å². The number of carbonyl (C=O) groups excluding carboxylic acids is 1. The second-order valence-corrected chi connectivity index (χ2v) is 6.48. The summed E-state index contributed by atoms with van der Waals surface area (Å²) in [5.41, 5.74) is 1.76. The largest absolute Gasteiger partial charge is 0.492 e. The lowest BCUT2D eigenvalue weighted by atomic mass is 10.2. The molecule has 0 spiro atoms. The Morgan fingerprint density at radius 1 is 1.19 bits per heavy atom. The van der Waals surface area contributed by atoms with Crippen LogP contribution in [0.3, 0.4) is 0 Å². The molecule has 27 heavy (non-hydrogen) atoms. The van der Waals surface area contributed by atoms with Crippen LogP contribution in [0.1, 0.15) is 12.0 Å². The molecular formula is C21H23N3O3. The highest BCUT2D eigenvalue weighted by Gasteiger charge is 2.10. The summed E-state index contributed by atoms with van der Waals surface area (Å²) < 4.78 is 7.40. The van der Waals surface area contributed by atoms with Crippen molar-refractivity contribution in [2.45, 2.75) is 19.9 Å². The molecule has 6 nitrogen and oxygen atoms in total. The number of benzene rings is 2. The highest BCUT2D eigenvalue weighted by Crippen LogP contribution is 2.12. The van der Waals surface area contributed by atoms with Crippen LogP contribution in [0.25, 0.3) is 10.9 Å². The van der Waals surface area contributed by atoms with Gasteiger partial charge in [0.05, 0.1) is 24.8 Å². The van der Waals surface area contributed by atoms with Gasteiger partial charge in [0.25, 0.3) is 0 Å². The predicted molar refractivity (Wildman–Crippen MR) is 105 cm³/mol. The predicted octanol–water partition coefficient (Wildman–Crippen LogP) is 2.63. The van der Waals surface area contributed by atoms with Crippen molar-refractivity contribution in [2.24, 2.45) is 0 Å². The van der Waals surface area contributed by atoms with Crippen LogP contribution in [0, 0.1) is 6.92 Å². The monoisotopic (exact) mass is 365 g/mol. The van der Waals surface area contributed by atoms with E-state index in [4.69, 9.17) is 4.74 Å². The molecule has 3 rings (SSSR count). The van der Waals surface area contributed by atoms with Crippen molar-refractivity contribution in [1.29, 1.82) is 0 Å². The van der Waals surface area contributed by atoms with E-state index >= 15 is 0 Å². The normalized spacial score (nSPS) is 10.7. The van der Waals surface area contributed by atoms with Crippen LogP contribution in [-0.4, -0.2) is 40.8 Å². The van der Waals surface area contributed by atoms with E-state index < -0.39 is 0 Å².